The van der Waals surface area contributed by atoms with Crippen molar-refractivity contribution in [3.63, 3.8) is 0 Å². The van der Waals surface area contributed by atoms with E-state index in [-0.39, 0.29) is 22.1 Å². The van der Waals surface area contributed by atoms with E-state index in [1.165, 1.54) is 36.4 Å². The van der Waals surface area contributed by atoms with Gasteiger partial charge in [0.15, 0.2) is 0 Å². The molecule has 2 aromatic rings. The summed E-state index contributed by atoms with van der Waals surface area (Å²) in [4.78, 5) is 13.9. The van der Waals surface area contributed by atoms with Crippen molar-refractivity contribution in [1.29, 1.82) is 5.26 Å². The molecule has 25 heavy (non-hydrogen) atoms. The van der Waals surface area contributed by atoms with Crippen LogP contribution in [0.25, 0.3) is 0 Å². The Morgan fingerprint density at radius 1 is 1.08 bits per heavy atom. The Morgan fingerprint density at radius 2 is 1.68 bits per heavy atom. The van der Waals surface area contributed by atoms with Crippen LogP contribution in [-0.2, 0) is 10.0 Å². The molecule has 0 aliphatic carbocycles. The third-order valence-corrected chi connectivity index (χ3v) is 5.14. The highest BCUT2D eigenvalue weighted by Crippen LogP contribution is 2.20. The SMILES string of the molecule is CCN(CC)C(=O)c1ccc(S(=O)(=O)Nc2ccccc2C#N)cc1. The van der Waals surface area contributed by atoms with Crippen molar-refractivity contribution in [2.24, 2.45) is 0 Å². The van der Waals surface area contributed by atoms with Crippen LogP contribution in [0, 0.1) is 11.3 Å². The van der Waals surface area contributed by atoms with Gasteiger partial charge in [-0.15, -0.1) is 0 Å². The molecular weight excluding hydrogens is 338 g/mol. The van der Waals surface area contributed by atoms with Gasteiger partial charge in [0, 0.05) is 18.7 Å². The number of anilines is 1. The van der Waals surface area contributed by atoms with Crippen molar-refractivity contribution in [2.75, 3.05) is 17.8 Å². The number of amides is 1. The molecule has 0 unspecified atom stereocenters. The van der Waals surface area contributed by atoms with Crippen LogP contribution in [0.15, 0.2) is 53.4 Å². The van der Waals surface area contributed by atoms with E-state index in [0.717, 1.165) is 0 Å². The standard InChI is InChI=1S/C18H19N3O3S/c1-3-21(4-2)18(22)14-9-11-16(12-10-14)25(23,24)20-17-8-6-5-7-15(17)13-19/h5-12,20H,3-4H2,1-2H3. The summed E-state index contributed by atoms with van der Waals surface area (Å²) in [6.45, 7) is 4.94. The minimum Gasteiger partial charge on any atom is -0.339 e. The predicted molar refractivity (Wildman–Crippen MR) is 95.7 cm³/mol. The first-order chi connectivity index (χ1) is 11.9. The molecule has 2 aromatic carbocycles. The second-order valence-electron chi connectivity index (χ2n) is 5.26. The van der Waals surface area contributed by atoms with E-state index in [1.54, 1.807) is 17.0 Å². The van der Waals surface area contributed by atoms with E-state index in [2.05, 4.69) is 4.72 Å². The molecule has 0 bridgehead atoms. The molecular formula is C18H19N3O3S. The second-order valence-corrected chi connectivity index (χ2v) is 6.95. The molecule has 1 amide bonds. The van der Waals surface area contributed by atoms with Gasteiger partial charge in [0.05, 0.1) is 16.1 Å². The number of carbonyl (C=O) groups excluding carboxylic acids is 1. The van der Waals surface area contributed by atoms with E-state index in [1.807, 2.05) is 19.9 Å². The van der Waals surface area contributed by atoms with Crippen LogP contribution in [-0.4, -0.2) is 32.3 Å². The van der Waals surface area contributed by atoms with Gasteiger partial charge < -0.3 is 4.90 Å². The van der Waals surface area contributed by atoms with Crippen LogP contribution in [0.3, 0.4) is 0 Å². The molecule has 0 aliphatic rings. The van der Waals surface area contributed by atoms with Crippen molar-refractivity contribution in [3.8, 4) is 6.07 Å². The number of nitriles is 1. The minimum atomic E-state index is -3.85. The minimum absolute atomic E-state index is 0.0244. The number of hydrogen-bond acceptors (Lipinski definition) is 4. The van der Waals surface area contributed by atoms with E-state index >= 15 is 0 Å². The fourth-order valence-electron chi connectivity index (χ4n) is 2.34. The molecule has 7 heteroatoms. The Bertz CT molecular complexity index is 896. The normalized spacial score (nSPS) is 10.8. The van der Waals surface area contributed by atoms with Crippen LogP contribution in [0.4, 0.5) is 5.69 Å². The zero-order chi connectivity index (χ0) is 18.4. The lowest BCUT2D eigenvalue weighted by Gasteiger charge is -2.18. The molecule has 0 aromatic heterocycles. The molecule has 0 fully saturated rings. The topological polar surface area (TPSA) is 90.3 Å². The predicted octanol–water partition coefficient (Wildman–Crippen LogP) is 2.84. The van der Waals surface area contributed by atoms with Gasteiger partial charge in [-0.3, -0.25) is 9.52 Å². The fraction of sp³-hybridized carbons (Fsp3) is 0.222. The summed E-state index contributed by atoms with van der Waals surface area (Å²) in [5.74, 6) is -0.142. The Morgan fingerprint density at radius 3 is 2.24 bits per heavy atom. The summed E-state index contributed by atoms with van der Waals surface area (Å²) in [5.41, 5.74) is 0.882. The average Bonchev–Trinajstić information content (AvgIpc) is 2.63. The number of sulfonamides is 1. The maximum atomic E-state index is 12.5. The Hall–Kier alpha value is -2.85. The summed E-state index contributed by atoms with van der Waals surface area (Å²) in [6, 6.07) is 14.0. The molecule has 0 spiro atoms. The molecule has 1 N–H and O–H groups in total. The summed E-state index contributed by atoms with van der Waals surface area (Å²) in [6.07, 6.45) is 0. The van der Waals surface area contributed by atoms with Gasteiger partial charge in [0.2, 0.25) is 0 Å². The van der Waals surface area contributed by atoms with Gasteiger partial charge in [-0.1, -0.05) is 12.1 Å². The fourth-order valence-corrected chi connectivity index (χ4v) is 3.42. The van der Waals surface area contributed by atoms with Gasteiger partial charge in [0.25, 0.3) is 15.9 Å². The largest absolute Gasteiger partial charge is 0.339 e. The zero-order valence-corrected chi connectivity index (χ0v) is 14.9. The van der Waals surface area contributed by atoms with Crippen LogP contribution >= 0.6 is 0 Å². The Kier molecular flexibility index (Phi) is 5.78. The molecule has 2 rings (SSSR count). The summed E-state index contributed by atoms with van der Waals surface area (Å²) >= 11 is 0. The summed E-state index contributed by atoms with van der Waals surface area (Å²) in [5, 5.41) is 9.06. The van der Waals surface area contributed by atoms with Crippen LogP contribution in [0.2, 0.25) is 0 Å². The van der Waals surface area contributed by atoms with E-state index in [0.29, 0.717) is 18.7 Å². The first-order valence-corrected chi connectivity index (χ1v) is 9.32. The Labute approximate surface area is 147 Å². The number of rotatable bonds is 6. The summed E-state index contributed by atoms with van der Waals surface area (Å²) in [7, 11) is -3.85. The smallest absolute Gasteiger partial charge is 0.261 e. The number of benzene rings is 2. The molecule has 0 atom stereocenters. The lowest BCUT2D eigenvalue weighted by atomic mass is 10.2. The van der Waals surface area contributed by atoms with Crippen molar-refractivity contribution >= 4 is 21.6 Å². The van der Waals surface area contributed by atoms with Crippen LogP contribution < -0.4 is 4.72 Å². The molecule has 0 saturated carbocycles. The maximum Gasteiger partial charge on any atom is 0.261 e. The van der Waals surface area contributed by atoms with E-state index in [9.17, 15) is 13.2 Å². The number of para-hydroxylation sites is 1. The van der Waals surface area contributed by atoms with E-state index < -0.39 is 10.0 Å². The zero-order valence-electron chi connectivity index (χ0n) is 14.1. The van der Waals surface area contributed by atoms with Gasteiger partial charge in [-0.2, -0.15) is 5.26 Å². The third kappa shape index (κ3) is 4.17. The lowest BCUT2D eigenvalue weighted by Crippen LogP contribution is -2.30. The monoisotopic (exact) mass is 357 g/mol. The van der Waals surface area contributed by atoms with E-state index in [4.69, 9.17) is 5.26 Å². The second kappa shape index (κ2) is 7.81. The van der Waals surface area contributed by atoms with Crippen LogP contribution in [0.5, 0.6) is 0 Å². The quantitative estimate of drug-likeness (QED) is 0.861. The van der Waals surface area contributed by atoms with Crippen LogP contribution in [0.1, 0.15) is 29.8 Å². The van der Waals surface area contributed by atoms with Gasteiger partial charge in [-0.05, 0) is 50.2 Å². The number of nitrogens with one attached hydrogen (secondary N) is 1. The molecule has 0 saturated heterocycles. The van der Waals surface area contributed by atoms with Gasteiger partial charge in [-0.25, -0.2) is 8.42 Å². The van der Waals surface area contributed by atoms with Crippen molar-refractivity contribution in [1.82, 2.24) is 4.90 Å². The number of nitrogens with zero attached hydrogens (tertiary/aromatic N) is 2. The molecule has 0 aliphatic heterocycles. The van der Waals surface area contributed by atoms with Crippen molar-refractivity contribution < 1.29 is 13.2 Å². The molecule has 0 heterocycles. The lowest BCUT2D eigenvalue weighted by molar-refractivity contribution is 0.0773. The molecule has 0 radical (unpaired) electrons. The Balaban J connectivity index is 2.26. The number of carbonyl (C=O) groups is 1. The first kappa shape index (κ1) is 18.5. The van der Waals surface area contributed by atoms with Gasteiger partial charge >= 0.3 is 0 Å². The highest BCUT2D eigenvalue weighted by molar-refractivity contribution is 7.92. The molecule has 6 nitrogen and oxygen atoms in total. The number of hydrogen-bond donors (Lipinski definition) is 1. The maximum absolute atomic E-state index is 12.5. The van der Waals surface area contributed by atoms with Crippen molar-refractivity contribution in [2.45, 2.75) is 18.7 Å². The van der Waals surface area contributed by atoms with Crippen molar-refractivity contribution in [3.05, 3.63) is 59.7 Å². The molecule has 130 valence electrons. The highest BCUT2D eigenvalue weighted by Gasteiger charge is 2.18. The van der Waals surface area contributed by atoms with Gasteiger partial charge in [0.1, 0.15) is 6.07 Å². The highest BCUT2D eigenvalue weighted by atomic mass is 32.2. The average molecular weight is 357 g/mol. The third-order valence-electron chi connectivity index (χ3n) is 3.75. The first-order valence-electron chi connectivity index (χ1n) is 7.84. The summed E-state index contributed by atoms with van der Waals surface area (Å²) < 4.78 is 27.4.